The number of aliphatic hydroxyl groups excluding tert-OH is 1. The maximum Gasteiger partial charge on any atom is 0.407 e. The van der Waals surface area contributed by atoms with Crippen molar-refractivity contribution in [1.82, 2.24) is 10.2 Å². The fourth-order valence-corrected chi connectivity index (χ4v) is 6.00. The number of carboxylic acids is 1. The highest BCUT2D eigenvalue weighted by atomic mass is 32.2. The molecule has 1 heterocycles. The van der Waals surface area contributed by atoms with Crippen molar-refractivity contribution in [2.75, 3.05) is 18.9 Å². The van der Waals surface area contributed by atoms with Crippen LogP contribution < -0.4 is 5.32 Å². The van der Waals surface area contributed by atoms with Crippen molar-refractivity contribution in [1.29, 1.82) is 0 Å². The maximum absolute atomic E-state index is 12.7. The van der Waals surface area contributed by atoms with Crippen molar-refractivity contribution in [2.45, 2.75) is 43.2 Å². The molecule has 8 nitrogen and oxygen atoms in total. The Labute approximate surface area is 202 Å². The Morgan fingerprint density at radius 1 is 1.12 bits per heavy atom. The Morgan fingerprint density at radius 3 is 2.32 bits per heavy atom. The minimum atomic E-state index is -1.15. The molecule has 4 rings (SSSR count). The van der Waals surface area contributed by atoms with Gasteiger partial charge in [0.1, 0.15) is 12.6 Å². The van der Waals surface area contributed by atoms with Crippen LogP contribution in [0.2, 0.25) is 0 Å². The Hall–Kier alpha value is -3.04. The molecule has 0 spiro atoms. The number of aliphatic hydroxyl groups is 1. The van der Waals surface area contributed by atoms with Gasteiger partial charge in [0.15, 0.2) is 0 Å². The summed E-state index contributed by atoms with van der Waals surface area (Å²) in [6.07, 6.45) is -1.48. The first kappa shape index (κ1) is 24.1. The van der Waals surface area contributed by atoms with Crippen molar-refractivity contribution in [2.24, 2.45) is 0 Å². The van der Waals surface area contributed by atoms with Crippen LogP contribution in [0.4, 0.5) is 4.79 Å². The maximum atomic E-state index is 12.7. The summed E-state index contributed by atoms with van der Waals surface area (Å²) in [5.41, 5.74) is 4.46. The number of carbonyl (C=O) groups is 3. The first-order valence-electron chi connectivity index (χ1n) is 11.3. The Balaban J connectivity index is 1.28. The number of nitrogens with zero attached hydrogens (tertiary/aromatic N) is 1. The number of rotatable bonds is 8. The van der Waals surface area contributed by atoms with Crippen molar-refractivity contribution < 1.29 is 29.3 Å². The van der Waals surface area contributed by atoms with Gasteiger partial charge in [0.05, 0.1) is 17.9 Å². The summed E-state index contributed by atoms with van der Waals surface area (Å²) < 4.78 is 5.44. The number of amides is 2. The van der Waals surface area contributed by atoms with Crippen molar-refractivity contribution >= 4 is 29.7 Å². The van der Waals surface area contributed by atoms with Crippen LogP contribution >= 0.6 is 11.8 Å². The molecule has 3 N–H and O–H groups in total. The van der Waals surface area contributed by atoms with E-state index in [1.165, 1.54) is 16.7 Å². The van der Waals surface area contributed by atoms with Crippen LogP contribution in [0.3, 0.4) is 0 Å². The van der Waals surface area contributed by atoms with Gasteiger partial charge in [-0.2, -0.15) is 0 Å². The standard InChI is InChI=1S/C25H28N2O6S/c1-2-23-27(21(14-34-23)24(30)31)22(29)11-15(28)12-26-25(32)33-13-20-18-9-5-3-7-16(18)17-8-4-6-10-19(17)20/h3-10,15,20-21,23,28H,2,11-14H2,1H3,(H,26,32)(H,30,31). The van der Waals surface area contributed by atoms with Gasteiger partial charge in [0.25, 0.3) is 0 Å². The molecule has 34 heavy (non-hydrogen) atoms. The highest BCUT2D eigenvalue weighted by molar-refractivity contribution is 8.00. The van der Waals surface area contributed by atoms with Gasteiger partial charge >= 0.3 is 12.1 Å². The number of ether oxygens (including phenoxy) is 1. The molecule has 1 saturated heterocycles. The van der Waals surface area contributed by atoms with E-state index in [1.807, 2.05) is 43.3 Å². The third-order valence-corrected chi connectivity index (χ3v) is 7.70. The molecule has 3 unspecified atom stereocenters. The molecular weight excluding hydrogens is 456 g/mol. The molecule has 1 aliphatic carbocycles. The van der Waals surface area contributed by atoms with E-state index in [0.717, 1.165) is 22.3 Å². The highest BCUT2D eigenvalue weighted by Crippen LogP contribution is 2.44. The third-order valence-electron chi connectivity index (χ3n) is 6.25. The number of hydrogen-bond donors (Lipinski definition) is 3. The second-order valence-corrected chi connectivity index (χ2v) is 9.63. The Morgan fingerprint density at radius 2 is 1.74 bits per heavy atom. The molecule has 0 bridgehead atoms. The second kappa shape index (κ2) is 10.5. The number of aliphatic carboxylic acids is 1. The molecule has 9 heteroatoms. The Bertz CT molecular complexity index is 1030. The van der Waals surface area contributed by atoms with Crippen LogP contribution in [0.5, 0.6) is 0 Å². The molecule has 0 radical (unpaired) electrons. The first-order chi connectivity index (χ1) is 16.4. The number of thioether (sulfide) groups is 1. The fourth-order valence-electron chi connectivity index (χ4n) is 4.63. The van der Waals surface area contributed by atoms with Gasteiger partial charge in [-0.3, -0.25) is 4.79 Å². The van der Waals surface area contributed by atoms with E-state index in [2.05, 4.69) is 17.4 Å². The number of alkyl carbamates (subject to hydrolysis) is 1. The number of fused-ring (bicyclic) bond motifs is 3. The molecule has 180 valence electrons. The molecule has 2 aromatic carbocycles. The van der Waals surface area contributed by atoms with E-state index in [4.69, 9.17) is 4.74 Å². The van der Waals surface area contributed by atoms with Crippen LogP contribution in [-0.4, -0.2) is 69.5 Å². The third kappa shape index (κ3) is 4.90. The van der Waals surface area contributed by atoms with Crippen molar-refractivity contribution in [3.63, 3.8) is 0 Å². The zero-order valence-corrected chi connectivity index (χ0v) is 19.7. The number of carboxylic acid groups (broad SMARTS) is 1. The summed E-state index contributed by atoms with van der Waals surface area (Å²) >= 11 is 1.42. The quantitative estimate of drug-likeness (QED) is 0.527. The normalized spacial score (nSPS) is 19.9. The van der Waals surface area contributed by atoms with E-state index >= 15 is 0 Å². The highest BCUT2D eigenvalue weighted by Gasteiger charge is 2.41. The second-order valence-electron chi connectivity index (χ2n) is 8.42. The molecule has 2 aromatic rings. The molecule has 2 aliphatic rings. The number of nitrogens with one attached hydrogen (secondary N) is 1. The summed E-state index contributed by atoms with van der Waals surface area (Å²) in [5, 5.41) is 21.9. The van der Waals surface area contributed by atoms with Crippen LogP contribution in [-0.2, 0) is 14.3 Å². The van der Waals surface area contributed by atoms with Gasteiger partial charge in [-0.25, -0.2) is 9.59 Å². The summed E-state index contributed by atoms with van der Waals surface area (Å²) in [4.78, 5) is 37.8. The molecule has 1 aliphatic heterocycles. The van der Waals surface area contributed by atoms with Crippen LogP contribution in [0.25, 0.3) is 11.1 Å². The van der Waals surface area contributed by atoms with E-state index in [0.29, 0.717) is 12.2 Å². The SMILES string of the molecule is CCC1SCC(C(=O)O)N1C(=O)CC(O)CNC(=O)OCC1c2ccccc2-c2ccccc21. The van der Waals surface area contributed by atoms with E-state index in [1.54, 1.807) is 0 Å². The first-order valence-corrected chi connectivity index (χ1v) is 12.4. The lowest BCUT2D eigenvalue weighted by molar-refractivity contribution is -0.150. The van der Waals surface area contributed by atoms with E-state index < -0.39 is 30.1 Å². The minimum Gasteiger partial charge on any atom is -0.480 e. The minimum absolute atomic E-state index is 0.0729. The lowest BCUT2D eigenvalue weighted by Gasteiger charge is -2.27. The Kier molecular flexibility index (Phi) is 7.43. The van der Waals surface area contributed by atoms with Gasteiger partial charge in [0, 0.05) is 18.2 Å². The predicted molar refractivity (Wildman–Crippen MR) is 129 cm³/mol. The lowest BCUT2D eigenvalue weighted by atomic mass is 9.98. The van der Waals surface area contributed by atoms with Crippen molar-refractivity contribution in [3.05, 3.63) is 59.7 Å². The largest absolute Gasteiger partial charge is 0.480 e. The van der Waals surface area contributed by atoms with Crippen LogP contribution in [0.15, 0.2) is 48.5 Å². The smallest absolute Gasteiger partial charge is 0.407 e. The number of hydrogen-bond acceptors (Lipinski definition) is 6. The van der Waals surface area contributed by atoms with Crippen LogP contribution in [0.1, 0.15) is 36.8 Å². The summed E-state index contributed by atoms with van der Waals surface area (Å²) in [7, 11) is 0. The molecule has 0 aromatic heterocycles. The van der Waals surface area contributed by atoms with Gasteiger partial charge < -0.3 is 25.2 Å². The predicted octanol–water partition coefficient (Wildman–Crippen LogP) is 3.04. The summed E-state index contributed by atoms with van der Waals surface area (Å²) in [6.45, 7) is 1.87. The summed E-state index contributed by atoms with van der Waals surface area (Å²) in [5.74, 6) is -1.24. The van der Waals surface area contributed by atoms with Gasteiger partial charge in [0.2, 0.25) is 5.91 Å². The molecule has 0 saturated carbocycles. The topological polar surface area (TPSA) is 116 Å². The summed E-state index contributed by atoms with van der Waals surface area (Å²) in [6, 6.07) is 15.2. The van der Waals surface area contributed by atoms with E-state index in [-0.39, 0.29) is 30.9 Å². The molecule has 3 atom stereocenters. The van der Waals surface area contributed by atoms with E-state index in [9.17, 15) is 24.6 Å². The number of carbonyl (C=O) groups excluding carboxylic acids is 2. The fraction of sp³-hybridized carbons (Fsp3) is 0.400. The molecule has 2 amide bonds. The van der Waals surface area contributed by atoms with Gasteiger partial charge in [-0.15, -0.1) is 11.8 Å². The molecular formula is C25H28N2O6S. The molecule has 1 fully saturated rings. The zero-order valence-electron chi connectivity index (χ0n) is 18.8. The van der Waals surface area contributed by atoms with Crippen LogP contribution in [0, 0.1) is 0 Å². The number of benzene rings is 2. The average molecular weight is 485 g/mol. The average Bonchev–Trinajstić information content (AvgIpc) is 3.41. The van der Waals surface area contributed by atoms with Gasteiger partial charge in [-0.1, -0.05) is 55.5 Å². The lowest BCUT2D eigenvalue weighted by Crippen LogP contribution is -2.47. The zero-order chi connectivity index (χ0) is 24.2. The van der Waals surface area contributed by atoms with Gasteiger partial charge in [-0.05, 0) is 28.7 Å². The monoisotopic (exact) mass is 484 g/mol. The van der Waals surface area contributed by atoms with Crippen molar-refractivity contribution in [3.8, 4) is 11.1 Å².